The summed E-state index contributed by atoms with van der Waals surface area (Å²) in [4.78, 5) is 33.3. The molecule has 2 amide bonds. The zero-order valence-electron chi connectivity index (χ0n) is 19.3. The predicted molar refractivity (Wildman–Crippen MR) is 129 cm³/mol. The van der Waals surface area contributed by atoms with Crippen LogP contribution in [0.25, 0.3) is 0 Å². The standard InChI is InChI=1S/C25H33N3O4S/c1-20-4-6-21(7-5-20)25(30)28(9-8-26-10-13-31-14-11-26)19-22-18-27(12-15-32-22)24(29)17-23-3-2-16-33-23/h2-7,16,22H,8-15,17-19H2,1H3. The quantitative estimate of drug-likeness (QED) is 0.591. The number of aryl methyl sites for hydroxylation is 1. The first-order chi connectivity index (χ1) is 16.1. The molecule has 178 valence electrons. The maximum atomic E-state index is 13.4. The predicted octanol–water partition coefficient (Wildman–Crippen LogP) is 2.30. The summed E-state index contributed by atoms with van der Waals surface area (Å²) in [5, 5.41) is 1.99. The van der Waals surface area contributed by atoms with Gasteiger partial charge in [-0.2, -0.15) is 0 Å². The minimum Gasteiger partial charge on any atom is -0.379 e. The fraction of sp³-hybridized carbons (Fsp3) is 0.520. The molecule has 2 fully saturated rings. The monoisotopic (exact) mass is 471 g/mol. The number of rotatable bonds is 8. The first kappa shape index (κ1) is 23.9. The highest BCUT2D eigenvalue weighted by molar-refractivity contribution is 7.10. The van der Waals surface area contributed by atoms with E-state index in [1.54, 1.807) is 11.3 Å². The number of carbonyl (C=O) groups is 2. The average Bonchev–Trinajstić information content (AvgIpc) is 3.36. The molecular formula is C25H33N3O4S. The largest absolute Gasteiger partial charge is 0.379 e. The highest BCUT2D eigenvalue weighted by atomic mass is 32.1. The summed E-state index contributed by atoms with van der Waals surface area (Å²) in [5.74, 6) is 0.129. The van der Waals surface area contributed by atoms with Crippen molar-refractivity contribution in [3.63, 3.8) is 0 Å². The van der Waals surface area contributed by atoms with Crippen LogP contribution < -0.4 is 0 Å². The van der Waals surface area contributed by atoms with E-state index < -0.39 is 0 Å². The highest BCUT2D eigenvalue weighted by Crippen LogP contribution is 2.15. The van der Waals surface area contributed by atoms with Gasteiger partial charge in [0.2, 0.25) is 5.91 Å². The van der Waals surface area contributed by atoms with E-state index in [4.69, 9.17) is 9.47 Å². The molecule has 0 bridgehead atoms. The van der Waals surface area contributed by atoms with Crippen molar-refractivity contribution >= 4 is 23.2 Å². The molecule has 0 spiro atoms. The van der Waals surface area contributed by atoms with Crippen molar-refractivity contribution in [2.24, 2.45) is 0 Å². The number of nitrogens with zero attached hydrogens (tertiary/aromatic N) is 3. The summed E-state index contributed by atoms with van der Waals surface area (Å²) < 4.78 is 11.5. The van der Waals surface area contributed by atoms with Gasteiger partial charge in [-0.1, -0.05) is 23.8 Å². The average molecular weight is 472 g/mol. The van der Waals surface area contributed by atoms with Crippen molar-refractivity contribution < 1.29 is 19.1 Å². The number of morpholine rings is 2. The Balaban J connectivity index is 1.39. The normalized spacial score (nSPS) is 19.4. The third-order valence-electron chi connectivity index (χ3n) is 6.20. The molecule has 0 radical (unpaired) electrons. The van der Waals surface area contributed by atoms with Gasteiger partial charge in [-0.15, -0.1) is 11.3 Å². The number of hydrogen-bond acceptors (Lipinski definition) is 6. The lowest BCUT2D eigenvalue weighted by Crippen LogP contribution is -2.52. The molecule has 2 aliphatic rings. The summed E-state index contributed by atoms with van der Waals surface area (Å²) >= 11 is 1.60. The Morgan fingerprint density at radius 2 is 1.88 bits per heavy atom. The molecular weight excluding hydrogens is 438 g/mol. The number of amides is 2. The Morgan fingerprint density at radius 1 is 1.09 bits per heavy atom. The molecule has 1 atom stereocenters. The molecule has 8 heteroatoms. The van der Waals surface area contributed by atoms with Crippen molar-refractivity contribution in [1.29, 1.82) is 0 Å². The van der Waals surface area contributed by atoms with Crippen LogP contribution in [0.4, 0.5) is 0 Å². The molecule has 0 saturated carbocycles. The van der Waals surface area contributed by atoms with E-state index in [0.29, 0.717) is 44.8 Å². The second kappa shape index (κ2) is 11.7. The molecule has 0 N–H and O–H groups in total. The van der Waals surface area contributed by atoms with Gasteiger partial charge in [-0.05, 0) is 30.5 Å². The van der Waals surface area contributed by atoms with E-state index >= 15 is 0 Å². The Labute approximate surface area is 199 Å². The van der Waals surface area contributed by atoms with Gasteiger partial charge >= 0.3 is 0 Å². The van der Waals surface area contributed by atoms with Gasteiger partial charge in [0.1, 0.15) is 0 Å². The summed E-state index contributed by atoms with van der Waals surface area (Å²) in [6.07, 6.45) is 0.234. The third kappa shape index (κ3) is 6.86. The molecule has 1 aromatic carbocycles. The van der Waals surface area contributed by atoms with Gasteiger partial charge in [0, 0.05) is 56.3 Å². The SMILES string of the molecule is Cc1ccc(C(=O)N(CCN2CCOCC2)CC2CN(C(=O)Cc3cccs3)CCO2)cc1. The molecule has 33 heavy (non-hydrogen) atoms. The van der Waals surface area contributed by atoms with Crippen LogP contribution in [0.3, 0.4) is 0 Å². The summed E-state index contributed by atoms with van der Waals surface area (Å²) in [6.45, 7) is 8.76. The lowest BCUT2D eigenvalue weighted by atomic mass is 10.1. The van der Waals surface area contributed by atoms with Crippen LogP contribution in [0, 0.1) is 6.92 Å². The van der Waals surface area contributed by atoms with Crippen molar-refractivity contribution in [1.82, 2.24) is 14.7 Å². The van der Waals surface area contributed by atoms with E-state index in [1.165, 1.54) is 0 Å². The van der Waals surface area contributed by atoms with Crippen LogP contribution in [0.1, 0.15) is 20.8 Å². The third-order valence-corrected chi connectivity index (χ3v) is 7.07. The maximum Gasteiger partial charge on any atom is 0.253 e. The lowest BCUT2D eigenvalue weighted by molar-refractivity contribution is -0.138. The zero-order chi connectivity index (χ0) is 23.0. The minimum absolute atomic E-state index is 0.00824. The maximum absolute atomic E-state index is 13.4. The molecule has 4 rings (SSSR count). The Hall–Kier alpha value is -2.26. The summed E-state index contributed by atoms with van der Waals surface area (Å²) in [7, 11) is 0. The Bertz CT molecular complexity index is 897. The van der Waals surface area contributed by atoms with Gasteiger partial charge in [-0.3, -0.25) is 14.5 Å². The van der Waals surface area contributed by atoms with Gasteiger partial charge in [0.25, 0.3) is 5.91 Å². The summed E-state index contributed by atoms with van der Waals surface area (Å²) in [5.41, 5.74) is 1.81. The molecule has 7 nitrogen and oxygen atoms in total. The second-order valence-corrected chi connectivity index (χ2v) is 9.69. The Morgan fingerprint density at radius 3 is 2.61 bits per heavy atom. The fourth-order valence-electron chi connectivity index (χ4n) is 4.22. The van der Waals surface area contributed by atoms with E-state index in [9.17, 15) is 9.59 Å². The van der Waals surface area contributed by atoms with Gasteiger partial charge in [0.05, 0.1) is 32.3 Å². The molecule has 2 aliphatic heterocycles. The van der Waals surface area contributed by atoms with Crippen LogP contribution in [-0.4, -0.2) is 98.3 Å². The number of ether oxygens (including phenoxy) is 2. The van der Waals surface area contributed by atoms with Crippen LogP contribution in [0.15, 0.2) is 41.8 Å². The van der Waals surface area contributed by atoms with Gasteiger partial charge < -0.3 is 19.3 Å². The topological polar surface area (TPSA) is 62.3 Å². The van der Waals surface area contributed by atoms with Crippen LogP contribution in [0.2, 0.25) is 0 Å². The second-order valence-electron chi connectivity index (χ2n) is 8.66. The molecule has 0 aliphatic carbocycles. The minimum atomic E-state index is -0.190. The number of carbonyl (C=O) groups excluding carboxylic acids is 2. The lowest BCUT2D eigenvalue weighted by Gasteiger charge is -2.36. The van der Waals surface area contributed by atoms with E-state index in [2.05, 4.69) is 4.90 Å². The van der Waals surface area contributed by atoms with Crippen LogP contribution >= 0.6 is 11.3 Å². The first-order valence-electron chi connectivity index (χ1n) is 11.7. The molecule has 1 aromatic heterocycles. The van der Waals surface area contributed by atoms with E-state index in [1.807, 2.05) is 58.5 Å². The molecule has 2 saturated heterocycles. The van der Waals surface area contributed by atoms with Gasteiger partial charge in [-0.25, -0.2) is 0 Å². The molecule has 1 unspecified atom stereocenters. The van der Waals surface area contributed by atoms with Crippen molar-refractivity contribution in [2.75, 3.05) is 65.6 Å². The van der Waals surface area contributed by atoms with E-state index in [-0.39, 0.29) is 17.9 Å². The number of hydrogen-bond donors (Lipinski definition) is 0. The molecule has 2 aromatic rings. The Kier molecular flexibility index (Phi) is 8.50. The van der Waals surface area contributed by atoms with Crippen LogP contribution in [-0.2, 0) is 20.7 Å². The van der Waals surface area contributed by atoms with Crippen molar-refractivity contribution in [3.05, 3.63) is 57.8 Å². The summed E-state index contributed by atoms with van der Waals surface area (Å²) in [6, 6.07) is 11.7. The smallest absolute Gasteiger partial charge is 0.253 e. The van der Waals surface area contributed by atoms with Crippen molar-refractivity contribution in [3.8, 4) is 0 Å². The molecule has 3 heterocycles. The highest BCUT2D eigenvalue weighted by Gasteiger charge is 2.28. The van der Waals surface area contributed by atoms with Gasteiger partial charge in [0.15, 0.2) is 0 Å². The number of thiophene rings is 1. The zero-order valence-corrected chi connectivity index (χ0v) is 20.1. The fourth-order valence-corrected chi connectivity index (χ4v) is 4.91. The van der Waals surface area contributed by atoms with Crippen molar-refractivity contribution in [2.45, 2.75) is 19.4 Å². The first-order valence-corrected chi connectivity index (χ1v) is 12.5. The van der Waals surface area contributed by atoms with E-state index in [0.717, 1.165) is 43.3 Å². The number of benzene rings is 1. The van der Waals surface area contributed by atoms with Crippen LogP contribution in [0.5, 0.6) is 0 Å².